The lowest BCUT2D eigenvalue weighted by Crippen LogP contribution is -2.40. The summed E-state index contributed by atoms with van der Waals surface area (Å²) in [4.78, 5) is 32.4. The van der Waals surface area contributed by atoms with Gasteiger partial charge in [0.15, 0.2) is 27.8 Å². The zero-order valence-electron chi connectivity index (χ0n) is 24.1. The van der Waals surface area contributed by atoms with Crippen LogP contribution in [0.1, 0.15) is 44.9 Å². The molecule has 3 aromatic rings. The van der Waals surface area contributed by atoms with Crippen LogP contribution in [0.2, 0.25) is 0 Å². The van der Waals surface area contributed by atoms with E-state index in [-0.39, 0.29) is 30.5 Å². The Labute approximate surface area is 256 Å². The highest BCUT2D eigenvalue weighted by molar-refractivity contribution is 9.10. The van der Waals surface area contributed by atoms with Crippen LogP contribution in [0.5, 0.6) is 23.0 Å². The highest BCUT2D eigenvalue weighted by Crippen LogP contribution is 2.37. The van der Waals surface area contributed by atoms with Gasteiger partial charge in [0.1, 0.15) is 6.61 Å². The van der Waals surface area contributed by atoms with Crippen molar-refractivity contribution in [2.24, 2.45) is 4.99 Å². The molecule has 0 radical (unpaired) electrons. The third kappa shape index (κ3) is 6.25. The number of hydrogen-bond donors (Lipinski definition) is 0. The minimum absolute atomic E-state index is 0.0144. The molecule has 11 heteroatoms. The molecule has 220 valence electrons. The first kappa shape index (κ1) is 30.9. The Balaban J connectivity index is 1.98. The summed E-state index contributed by atoms with van der Waals surface area (Å²) < 4.78 is 30.8. The van der Waals surface area contributed by atoms with E-state index in [4.69, 9.17) is 30.1 Å². The number of halogens is 1. The van der Waals surface area contributed by atoms with Crippen LogP contribution in [0.4, 0.5) is 0 Å². The average molecular weight is 656 g/mol. The summed E-state index contributed by atoms with van der Waals surface area (Å²) in [5, 5.41) is 0. The number of carbonyl (C=O) groups is 1. The highest BCUT2D eigenvalue weighted by atomic mass is 79.9. The standard InChI is InChI=1S/C31H31BrN2O7S/c1-8-12-40-28-20(13-21(32)16-24(28)38-7)15-25-29(35)34-27(19-10-11-22(41-17(3)4)23(14-19)37-6)26(30(36)39-9-2)18(5)33-31(34)42-25/h1,10-11,13-17,27H,9,12H2,2-7H3/b25-15+/t27-/m0/s1. The Morgan fingerprint density at radius 1 is 1.19 bits per heavy atom. The number of terminal acetylenes is 1. The molecule has 0 fully saturated rings. The Kier molecular flexibility index (Phi) is 9.81. The number of carbonyl (C=O) groups excluding carboxylic acids is 1. The summed E-state index contributed by atoms with van der Waals surface area (Å²) >= 11 is 4.68. The van der Waals surface area contributed by atoms with Crippen molar-refractivity contribution >= 4 is 39.3 Å². The van der Waals surface area contributed by atoms with Crippen molar-refractivity contribution in [2.45, 2.75) is 39.8 Å². The van der Waals surface area contributed by atoms with Crippen LogP contribution in [0.15, 0.2) is 55.9 Å². The predicted octanol–water partition coefficient (Wildman–Crippen LogP) is 4.38. The summed E-state index contributed by atoms with van der Waals surface area (Å²) in [6.45, 7) is 7.48. The Bertz CT molecular complexity index is 1760. The second kappa shape index (κ2) is 13.3. The fourth-order valence-electron chi connectivity index (χ4n) is 4.57. The Hall–Kier alpha value is -4.01. The van der Waals surface area contributed by atoms with E-state index in [1.807, 2.05) is 19.9 Å². The number of thiazole rings is 1. The fourth-order valence-corrected chi connectivity index (χ4v) is 6.06. The van der Waals surface area contributed by atoms with E-state index in [0.717, 1.165) is 4.47 Å². The first-order chi connectivity index (χ1) is 20.1. The quantitative estimate of drug-likeness (QED) is 0.236. The van der Waals surface area contributed by atoms with Crippen molar-refractivity contribution in [3.63, 3.8) is 0 Å². The molecule has 0 spiro atoms. The topological polar surface area (TPSA) is 97.6 Å². The maximum atomic E-state index is 14.1. The van der Waals surface area contributed by atoms with Gasteiger partial charge >= 0.3 is 5.97 Å². The van der Waals surface area contributed by atoms with E-state index in [9.17, 15) is 9.59 Å². The normalized spacial score (nSPS) is 14.6. The third-order valence-corrected chi connectivity index (χ3v) is 7.68. The lowest BCUT2D eigenvalue weighted by Gasteiger charge is -2.25. The van der Waals surface area contributed by atoms with Crippen molar-refractivity contribution in [1.82, 2.24) is 4.57 Å². The van der Waals surface area contributed by atoms with Crippen LogP contribution in [-0.2, 0) is 9.53 Å². The van der Waals surface area contributed by atoms with Gasteiger partial charge in [-0.05, 0) is 63.6 Å². The van der Waals surface area contributed by atoms with Crippen molar-refractivity contribution in [3.8, 4) is 35.3 Å². The highest BCUT2D eigenvalue weighted by Gasteiger charge is 2.34. The number of ether oxygens (including phenoxy) is 5. The summed E-state index contributed by atoms with van der Waals surface area (Å²) in [6, 6.07) is 8.08. The molecule has 1 atom stereocenters. The number of allylic oxidation sites excluding steroid dienone is 1. The van der Waals surface area contributed by atoms with Crippen LogP contribution >= 0.6 is 27.3 Å². The zero-order chi connectivity index (χ0) is 30.6. The lowest BCUT2D eigenvalue weighted by atomic mass is 9.95. The molecule has 1 aliphatic heterocycles. The molecule has 4 rings (SSSR count). The van der Waals surface area contributed by atoms with Gasteiger partial charge in [-0.2, -0.15) is 0 Å². The molecule has 1 aromatic heterocycles. The van der Waals surface area contributed by atoms with Crippen molar-refractivity contribution in [3.05, 3.63) is 76.9 Å². The largest absolute Gasteiger partial charge is 0.493 e. The van der Waals surface area contributed by atoms with Gasteiger partial charge in [0.25, 0.3) is 5.56 Å². The summed E-state index contributed by atoms with van der Waals surface area (Å²) in [6.07, 6.45) is 7.05. The number of fused-ring (bicyclic) bond motifs is 1. The monoisotopic (exact) mass is 654 g/mol. The smallest absolute Gasteiger partial charge is 0.338 e. The molecule has 0 unspecified atom stereocenters. The maximum absolute atomic E-state index is 14.1. The Morgan fingerprint density at radius 2 is 1.93 bits per heavy atom. The molecule has 2 heterocycles. The number of aromatic nitrogens is 1. The molecule has 0 saturated carbocycles. The van der Waals surface area contributed by atoms with E-state index in [0.29, 0.717) is 49.2 Å². The lowest BCUT2D eigenvalue weighted by molar-refractivity contribution is -0.139. The second-order valence-corrected chi connectivity index (χ2v) is 11.3. The average Bonchev–Trinajstić information content (AvgIpc) is 3.25. The Morgan fingerprint density at radius 3 is 2.57 bits per heavy atom. The molecule has 0 N–H and O–H groups in total. The predicted molar refractivity (Wildman–Crippen MR) is 164 cm³/mol. The fraction of sp³-hybridized carbons (Fsp3) is 0.323. The van der Waals surface area contributed by atoms with E-state index < -0.39 is 12.0 Å². The number of esters is 1. The van der Waals surface area contributed by atoms with Gasteiger partial charge in [0, 0.05) is 10.0 Å². The van der Waals surface area contributed by atoms with Crippen LogP contribution in [0.25, 0.3) is 6.08 Å². The molecule has 0 amide bonds. The first-order valence-electron chi connectivity index (χ1n) is 13.1. The van der Waals surface area contributed by atoms with E-state index in [1.165, 1.54) is 30.1 Å². The molecular weight excluding hydrogens is 624 g/mol. The minimum Gasteiger partial charge on any atom is -0.493 e. The van der Waals surface area contributed by atoms with Crippen molar-refractivity contribution in [1.29, 1.82) is 0 Å². The third-order valence-electron chi connectivity index (χ3n) is 6.24. The number of hydrogen-bond acceptors (Lipinski definition) is 9. The molecular formula is C31H31BrN2O7S. The second-order valence-electron chi connectivity index (χ2n) is 9.40. The van der Waals surface area contributed by atoms with E-state index in [1.54, 1.807) is 44.2 Å². The zero-order valence-corrected chi connectivity index (χ0v) is 26.6. The number of nitrogens with zero attached hydrogens (tertiary/aromatic N) is 2. The van der Waals surface area contributed by atoms with Crippen molar-refractivity contribution in [2.75, 3.05) is 27.4 Å². The summed E-state index contributed by atoms with van der Waals surface area (Å²) in [7, 11) is 3.06. The first-order valence-corrected chi connectivity index (χ1v) is 14.7. The van der Waals surface area contributed by atoms with Gasteiger partial charge in [0.05, 0.1) is 48.8 Å². The van der Waals surface area contributed by atoms with Crippen LogP contribution in [0, 0.1) is 12.3 Å². The van der Waals surface area contributed by atoms with Crippen LogP contribution in [-0.4, -0.2) is 44.1 Å². The van der Waals surface area contributed by atoms with Gasteiger partial charge in [-0.15, -0.1) is 6.42 Å². The molecule has 2 aromatic carbocycles. The van der Waals surface area contributed by atoms with E-state index in [2.05, 4.69) is 26.8 Å². The van der Waals surface area contributed by atoms with Crippen LogP contribution in [0.3, 0.4) is 0 Å². The number of benzene rings is 2. The number of methoxy groups -OCH3 is 2. The molecule has 42 heavy (non-hydrogen) atoms. The van der Waals surface area contributed by atoms with Gasteiger partial charge in [-0.25, -0.2) is 9.79 Å². The van der Waals surface area contributed by atoms with Crippen molar-refractivity contribution < 1.29 is 28.5 Å². The van der Waals surface area contributed by atoms with Gasteiger partial charge < -0.3 is 23.7 Å². The number of rotatable bonds is 10. The molecule has 0 bridgehead atoms. The SMILES string of the molecule is C#CCOc1c(/C=c2/sc3n(c2=O)[C@@H](c2ccc(OC(C)C)c(OC)c2)C(C(=O)OCC)=C(C)N=3)cc(Br)cc1OC. The molecule has 0 saturated heterocycles. The van der Waals surface area contributed by atoms with Gasteiger partial charge in [-0.1, -0.05) is 39.3 Å². The molecule has 0 aliphatic carbocycles. The van der Waals surface area contributed by atoms with Crippen LogP contribution < -0.4 is 33.8 Å². The maximum Gasteiger partial charge on any atom is 0.338 e. The summed E-state index contributed by atoms with van der Waals surface area (Å²) in [5.74, 6) is 3.76. The summed E-state index contributed by atoms with van der Waals surface area (Å²) in [5.41, 5.74) is 1.58. The van der Waals surface area contributed by atoms with Gasteiger partial charge in [-0.3, -0.25) is 9.36 Å². The van der Waals surface area contributed by atoms with E-state index >= 15 is 0 Å². The molecule has 9 nitrogen and oxygen atoms in total. The molecule has 1 aliphatic rings. The van der Waals surface area contributed by atoms with Gasteiger partial charge in [0.2, 0.25) is 0 Å². The minimum atomic E-state index is -0.821.